The van der Waals surface area contributed by atoms with Gasteiger partial charge >= 0.3 is 70.0 Å². The zero-order chi connectivity index (χ0) is 50.2. The number of carbonyl (C=O) groups excluding carboxylic acids is 6. The number of carbonyl (C=O) groups is 6. The first-order valence-corrected chi connectivity index (χ1v) is 20.5. The summed E-state index contributed by atoms with van der Waals surface area (Å²) in [5.41, 5.74) is -9.56. The van der Waals surface area contributed by atoms with Gasteiger partial charge in [-0.15, -0.1) is 0 Å². The summed E-state index contributed by atoms with van der Waals surface area (Å²) >= 11 is 0. The summed E-state index contributed by atoms with van der Waals surface area (Å²) < 4.78 is 34.4. The number of rotatable bonds is 24. The quantitative estimate of drug-likeness (QED) is 0.0697. The van der Waals surface area contributed by atoms with Gasteiger partial charge in [-0.05, 0) is 61.8 Å². The van der Waals surface area contributed by atoms with Crippen molar-refractivity contribution in [3.8, 4) is 0 Å². The molecular formula is C42H58N6O18. The van der Waals surface area contributed by atoms with Gasteiger partial charge in [0.15, 0.2) is 0 Å². The van der Waals surface area contributed by atoms with Crippen LogP contribution in [0.3, 0.4) is 0 Å². The van der Waals surface area contributed by atoms with Crippen molar-refractivity contribution >= 4 is 35.8 Å². The number of ether oxygens (including phenoxy) is 6. The molecule has 2 aromatic heterocycles. The molecule has 0 fully saturated rings. The van der Waals surface area contributed by atoms with Crippen LogP contribution in [-0.4, -0.2) is 103 Å². The van der Waals surface area contributed by atoms with Crippen molar-refractivity contribution < 1.29 is 57.2 Å². The largest absolute Gasteiger partial charge is 0.463 e. The topological polar surface area (TPSA) is 290 Å². The van der Waals surface area contributed by atoms with E-state index in [2.05, 4.69) is 13.2 Å². The Labute approximate surface area is 377 Å². The lowest BCUT2D eigenvalue weighted by Gasteiger charge is -2.21. The number of allylic oxidation sites excluding steroid dienone is 1. The number of hydrogen-bond donors (Lipinski definition) is 0. The minimum atomic E-state index is -1.29. The second-order valence-electron chi connectivity index (χ2n) is 16.9. The Bertz CT molecular complexity index is 2550. The van der Waals surface area contributed by atoms with E-state index >= 15 is 0 Å². The second-order valence-corrected chi connectivity index (χ2v) is 16.9. The van der Waals surface area contributed by atoms with Crippen molar-refractivity contribution in [2.75, 3.05) is 39.6 Å². The Morgan fingerprint density at radius 2 is 0.652 bits per heavy atom. The molecule has 0 atom stereocenters. The third kappa shape index (κ3) is 15.8. The normalized spacial score (nSPS) is 11.7. The summed E-state index contributed by atoms with van der Waals surface area (Å²) in [6, 6.07) is 0. The Hall–Kier alpha value is -7.14. The summed E-state index contributed by atoms with van der Waals surface area (Å²) in [6.45, 7) is 13.5. The van der Waals surface area contributed by atoms with Crippen molar-refractivity contribution in [1.82, 2.24) is 27.4 Å². The molecule has 0 aromatic carbocycles. The van der Waals surface area contributed by atoms with Crippen LogP contribution in [0.25, 0.3) is 0 Å². The van der Waals surface area contributed by atoms with E-state index in [4.69, 9.17) is 28.4 Å². The van der Waals surface area contributed by atoms with Crippen molar-refractivity contribution in [1.29, 1.82) is 0 Å². The summed E-state index contributed by atoms with van der Waals surface area (Å²) in [4.78, 5) is 153. The van der Waals surface area contributed by atoms with Crippen LogP contribution in [0.15, 0.2) is 66.2 Å². The van der Waals surface area contributed by atoms with Crippen LogP contribution in [0.5, 0.6) is 0 Å². The first-order valence-electron chi connectivity index (χ1n) is 20.5. The summed E-state index contributed by atoms with van der Waals surface area (Å²) in [5.74, 6) is -4.62. The molecule has 66 heavy (non-hydrogen) atoms. The molecule has 24 heteroatoms. The van der Waals surface area contributed by atoms with Gasteiger partial charge in [-0.2, -0.15) is 0 Å². The monoisotopic (exact) mass is 934 g/mol. The van der Waals surface area contributed by atoms with Gasteiger partial charge < -0.3 is 28.4 Å². The van der Waals surface area contributed by atoms with E-state index < -0.39 is 165 Å². The summed E-state index contributed by atoms with van der Waals surface area (Å²) in [5, 5.41) is 0. The van der Waals surface area contributed by atoms with Crippen molar-refractivity contribution in [2.45, 2.75) is 101 Å². The van der Waals surface area contributed by atoms with Crippen molar-refractivity contribution in [3.05, 3.63) is 100 Å². The van der Waals surface area contributed by atoms with E-state index in [1.165, 1.54) is 19.9 Å². The fraction of sp³-hybridized carbons (Fsp3) is 0.571. The van der Waals surface area contributed by atoms with Gasteiger partial charge in [0.1, 0.15) is 39.6 Å². The lowest BCUT2D eigenvalue weighted by Crippen LogP contribution is -2.55. The maximum absolute atomic E-state index is 13.3. The lowest BCUT2D eigenvalue weighted by atomic mass is 9.89. The van der Waals surface area contributed by atoms with E-state index in [1.54, 1.807) is 41.5 Å². The van der Waals surface area contributed by atoms with E-state index in [1.807, 2.05) is 0 Å². The Kier molecular flexibility index (Phi) is 20.2. The van der Waals surface area contributed by atoms with Gasteiger partial charge in [-0.1, -0.05) is 19.2 Å². The molecule has 0 saturated carbocycles. The molecule has 2 rings (SSSR count). The molecule has 0 aliphatic rings. The molecule has 0 unspecified atom stereocenters. The van der Waals surface area contributed by atoms with Gasteiger partial charge in [0.2, 0.25) is 0 Å². The number of esters is 6. The second kappa shape index (κ2) is 24.2. The van der Waals surface area contributed by atoms with Gasteiger partial charge in [0, 0.05) is 18.2 Å². The molecule has 0 amide bonds. The molecule has 0 spiro atoms. The van der Waals surface area contributed by atoms with Gasteiger partial charge in [-0.3, -0.25) is 14.4 Å². The molecule has 2 aromatic rings. The molecule has 0 bridgehead atoms. The fourth-order valence-corrected chi connectivity index (χ4v) is 5.24. The predicted octanol–water partition coefficient (Wildman–Crippen LogP) is -0.947. The maximum Gasteiger partial charge on any atom is 0.336 e. The summed E-state index contributed by atoms with van der Waals surface area (Å²) in [7, 11) is 0. The Morgan fingerprint density at radius 3 is 0.909 bits per heavy atom. The van der Waals surface area contributed by atoms with Crippen LogP contribution in [0.4, 0.5) is 0 Å². The van der Waals surface area contributed by atoms with Gasteiger partial charge in [0.25, 0.3) is 0 Å². The molecule has 2 heterocycles. The highest BCUT2D eigenvalue weighted by atomic mass is 16.6. The highest BCUT2D eigenvalue weighted by Gasteiger charge is 2.29. The van der Waals surface area contributed by atoms with Crippen molar-refractivity contribution in [3.63, 3.8) is 0 Å². The zero-order valence-corrected chi connectivity index (χ0v) is 38.4. The molecule has 0 aliphatic carbocycles. The summed E-state index contributed by atoms with van der Waals surface area (Å²) in [6.07, 6.45) is 3.92. The molecule has 0 N–H and O–H groups in total. The van der Waals surface area contributed by atoms with Crippen LogP contribution in [0.2, 0.25) is 0 Å². The average Bonchev–Trinajstić information content (AvgIpc) is 3.23. The van der Waals surface area contributed by atoms with E-state index in [0.717, 1.165) is 18.2 Å². The molecule has 0 saturated heterocycles. The SMILES string of the molecule is C=CC(=O)OCCn1c(=O)n(CCOC(=O)/C=C/CC(C)(C)C(=O)OCCn2c(=O)n(CCOC(=O)C=C)c(=O)n(CCOC(=O)C(C)(C)C)c2=O)c(=O)n(CCOC(=O)C(C)(C)C)c1=O. The van der Waals surface area contributed by atoms with Crippen LogP contribution in [0.1, 0.15) is 61.8 Å². The smallest absolute Gasteiger partial charge is 0.336 e. The third-order valence-electron chi connectivity index (χ3n) is 9.09. The van der Waals surface area contributed by atoms with Gasteiger partial charge in [0.05, 0.1) is 55.5 Å². The zero-order valence-electron chi connectivity index (χ0n) is 38.4. The highest BCUT2D eigenvalue weighted by Crippen LogP contribution is 2.23. The number of hydrogen-bond acceptors (Lipinski definition) is 18. The van der Waals surface area contributed by atoms with Gasteiger partial charge in [-0.25, -0.2) is 70.6 Å². The van der Waals surface area contributed by atoms with E-state index in [0.29, 0.717) is 27.4 Å². The number of aromatic nitrogens is 6. The molecule has 0 radical (unpaired) electrons. The molecule has 364 valence electrons. The first-order chi connectivity index (χ1) is 30.7. The molecule has 0 aliphatic heterocycles. The van der Waals surface area contributed by atoms with E-state index in [-0.39, 0.29) is 6.42 Å². The molecular weight excluding hydrogens is 876 g/mol. The third-order valence-corrected chi connectivity index (χ3v) is 9.09. The minimum Gasteiger partial charge on any atom is -0.463 e. The molecule has 24 nitrogen and oxygen atoms in total. The highest BCUT2D eigenvalue weighted by molar-refractivity contribution is 5.82. The average molecular weight is 935 g/mol. The Morgan fingerprint density at radius 1 is 0.409 bits per heavy atom. The van der Waals surface area contributed by atoms with Crippen LogP contribution >= 0.6 is 0 Å². The Balaban J connectivity index is 2.16. The van der Waals surface area contributed by atoms with E-state index in [9.17, 15) is 57.5 Å². The predicted molar refractivity (Wildman–Crippen MR) is 231 cm³/mol. The van der Waals surface area contributed by atoms with Crippen LogP contribution < -0.4 is 34.1 Å². The fourth-order valence-electron chi connectivity index (χ4n) is 5.24. The lowest BCUT2D eigenvalue weighted by molar-refractivity contribution is -0.154. The number of nitrogens with zero attached hydrogens (tertiary/aromatic N) is 6. The van der Waals surface area contributed by atoms with Crippen LogP contribution in [0, 0.1) is 16.2 Å². The maximum atomic E-state index is 13.3. The van der Waals surface area contributed by atoms with Crippen LogP contribution in [-0.2, 0) is 96.5 Å². The minimum absolute atomic E-state index is 0.0966. The van der Waals surface area contributed by atoms with Crippen molar-refractivity contribution in [2.24, 2.45) is 16.2 Å². The first kappa shape index (κ1) is 55.0. The standard InChI is InChI=1S/C42H58N6O18/c1-11-28(49)61-22-16-43-34(55)45(38(59)46(35(43)56)19-25-64-31(52)40(3,4)5)18-24-63-30(51)14-13-15-42(9,10)33(54)66-27-21-48-37(58)44(17-23-62-29(50)12-2)36(57)47(39(48)60)20-26-65-32(53)41(6,7)8/h11-14H,1-2,15-27H2,3-10H3/b14-13+.